The number of unbranched alkanes of at least 4 members (excludes halogenated alkanes) is 1. The minimum absolute atomic E-state index is 0.00233. The molecule has 4 rings (SSSR count). The maximum atomic E-state index is 13.3. The van der Waals surface area contributed by atoms with Crippen LogP contribution in [0.2, 0.25) is 0 Å². The number of aromatic nitrogens is 4. The van der Waals surface area contributed by atoms with Crippen molar-refractivity contribution in [1.82, 2.24) is 25.3 Å². The molecule has 2 aromatic heterocycles. The molecule has 0 unspecified atom stereocenters. The smallest absolute Gasteiger partial charge is 0.474 e. The van der Waals surface area contributed by atoms with E-state index in [0.717, 1.165) is 0 Å². The monoisotopic (exact) mass is 775 g/mol. The zero-order valence-electron chi connectivity index (χ0n) is 29.6. The van der Waals surface area contributed by atoms with E-state index in [-0.39, 0.29) is 74.9 Å². The Morgan fingerprint density at radius 1 is 0.981 bits per heavy atom. The van der Waals surface area contributed by atoms with Gasteiger partial charge in [-0.1, -0.05) is 6.42 Å². The van der Waals surface area contributed by atoms with Gasteiger partial charge in [0.1, 0.15) is 11.5 Å². The van der Waals surface area contributed by atoms with Crippen LogP contribution in [0.1, 0.15) is 74.8 Å². The van der Waals surface area contributed by atoms with Crippen LogP contribution in [0.5, 0.6) is 0 Å². The third-order valence-electron chi connectivity index (χ3n) is 8.20. The van der Waals surface area contributed by atoms with Gasteiger partial charge in [-0.15, -0.1) is 0 Å². The van der Waals surface area contributed by atoms with Crippen molar-refractivity contribution in [2.75, 3.05) is 37.1 Å². The van der Waals surface area contributed by atoms with E-state index in [1.807, 2.05) is 0 Å². The predicted octanol–water partition coefficient (Wildman–Crippen LogP) is 3.00. The van der Waals surface area contributed by atoms with E-state index in [2.05, 4.69) is 35.9 Å². The SMILES string of the molecule is CCOP(=O)(OCC)OCCCCOC(=O)C1(C(=O)Nc2nc3ncc(CNc4ccc(C(=O)N[C@H](CCC(=O)O)C(=O)O)cc4)nc3c(=O)[nH]2)CCC1. The van der Waals surface area contributed by atoms with Crippen molar-refractivity contribution in [3.63, 3.8) is 0 Å². The summed E-state index contributed by atoms with van der Waals surface area (Å²) < 4.78 is 33.1. The molecule has 1 fully saturated rings. The number of ether oxygens (including phenoxy) is 1. The normalized spacial score (nSPS) is 14.0. The number of H-pyrrole nitrogens is 1. The van der Waals surface area contributed by atoms with Crippen LogP contribution in [-0.2, 0) is 48.6 Å². The number of aliphatic carboxylic acids is 2. The number of benzene rings is 1. The molecular weight excluding hydrogens is 733 g/mol. The second-order valence-corrected chi connectivity index (χ2v) is 13.7. The second-order valence-electron chi connectivity index (χ2n) is 12.0. The third-order valence-corrected chi connectivity index (χ3v) is 9.85. The number of phosphoric ester groups is 1. The first kappa shape index (κ1) is 41.5. The number of nitrogens with one attached hydrogen (secondary N) is 4. The molecule has 292 valence electrons. The maximum Gasteiger partial charge on any atom is 0.474 e. The molecule has 0 spiro atoms. The number of aromatic amines is 1. The third kappa shape index (κ3) is 11.1. The summed E-state index contributed by atoms with van der Waals surface area (Å²) in [5, 5.41) is 25.9. The summed E-state index contributed by atoms with van der Waals surface area (Å²) >= 11 is 0. The summed E-state index contributed by atoms with van der Waals surface area (Å²) in [6, 6.07) is 4.66. The van der Waals surface area contributed by atoms with Crippen molar-refractivity contribution in [2.24, 2.45) is 5.41 Å². The van der Waals surface area contributed by atoms with Crippen LogP contribution in [0.4, 0.5) is 11.6 Å². The van der Waals surface area contributed by atoms with Gasteiger partial charge in [-0.3, -0.25) is 47.8 Å². The number of carboxylic acid groups (broad SMARTS) is 2. The molecule has 1 saturated carbocycles. The number of rotatable bonds is 22. The van der Waals surface area contributed by atoms with E-state index < -0.39 is 61.0 Å². The number of hydrogen-bond donors (Lipinski definition) is 6. The molecule has 6 N–H and O–H groups in total. The highest BCUT2D eigenvalue weighted by Gasteiger charge is 2.52. The Bertz CT molecular complexity index is 1930. The first-order valence-electron chi connectivity index (χ1n) is 17.2. The van der Waals surface area contributed by atoms with Crippen molar-refractivity contribution < 1.29 is 57.1 Å². The largest absolute Gasteiger partial charge is 0.481 e. The molecule has 1 atom stereocenters. The van der Waals surface area contributed by atoms with E-state index in [4.69, 9.17) is 23.4 Å². The lowest BCUT2D eigenvalue weighted by Gasteiger charge is -2.37. The van der Waals surface area contributed by atoms with Gasteiger partial charge >= 0.3 is 25.7 Å². The number of carbonyl (C=O) groups is 5. The molecule has 2 amide bonds. The highest BCUT2D eigenvalue weighted by molar-refractivity contribution is 7.48. The Balaban J connectivity index is 1.29. The summed E-state index contributed by atoms with van der Waals surface area (Å²) in [6.07, 6.45) is 2.56. The van der Waals surface area contributed by atoms with Crippen molar-refractivity contribution in [2.45, 2.75) is 71.4 Å². The molecule has 2 heterocycles. The first-order valence-corrected chi connectivity index (χ1v) is 18.6. The molecule has 1 aliphatic rings. The lowest BCUT2D eigenvalue weighted by atomic mass is 9.68. The van der Waals surface area contributed by atoms with Gasteiger partial charge in [0.25, 0.3) is 11.5 Å². The number of carbonyl (C=O) groups excluding carboxylic acids is 3. The van der Waals surface area contributed by atoms with Crippen molar-refractivity contribution in [3.8, 4) is 0 Å². The molecule has 20 nitrogen and oxygen atoms in total. The van der Waals surface area contributed by atoms with Crippen LogP contribution in [0.15, 0.2) is 35.3 Å². The van der Waals surface area contributed by atoms with Crippen molar-refractivity contribution in [1.29, 1.82) is 0 Å². The average molecular weight is 776 g/mol. The summed E-state index contributed by atoms with van der Waals surface area (Å²) in [5.74, 6) is -4.83. The molecule has 0 saturated heterocycles. The Kier molecular flexibility index (Phi) is 14.7. The van der Waals surface area contributed by atoms with E-state index in [0.29, 0.717) is 30.6 Å². The quantitative estimate of drug-likeness (QED) is 0.0370. The number of phosphoric acid groups is 1. The lowest BCUT2D eigenvalue weighted by molar-refractivity contribution is -0.166. The molecule has 21 heteroatoms. The summed E-state index contributed by atoms with van der Waals surface area (Å²) in [6.45, 7) is 3.80. The summed E-state index contributed by atoms with van der Waals surface area (Å²) in [5.41, 5.74) is -1.22. The zero-order chi connectivity index (χ0) is 39.3. The molecule has 3 aromatic rings. The van der Waals surface area contributed by atoms with E-state index >= 15 is 0 Å². The number of amides is 2. The molecule has 1 aliphatic carbocycles. The highest BCUT2D eigenvalue weighted by Crippen LogP contribution is 2.49. The van der Waals surface area contributed by atoms with E-state index in [1.165, 1.54) is 18.3 Å². The second kappa shape index (κ2) is 19.2. The van der Waals surface area contributed by atoms with Crippen molar-refractivity contribution >= 4 is 60.3 Å². The van der Waals surface area contributed by atoms with E-state index in [9.17, 15) is 38.4 Å². The Hall–Kier alpha value is -5.30. The van der Waals surface area contributed by atoms with Crippen LogP contribution >= 0.6 is 7.82 Å². The van der Waals surface area contributed by atoms with Gasteiger partial charge < -0.3 is 25.6 Å². The highest BCUT2D eigenvalue weighted by atomic mass is 31.2. The van der Waals surface area contributed by atoms with Crippen LogP contribution in [0, 0.1) is 5.41 Å². The number of fused-ring (bicyclic) bond motifs is 1. The molecule has 1 aromatic carbocycles. The number of esters is 1. The zero-order valence-corrected chi connectivity index (χ0v) is 30.5. The van der Waals surface area contributed by atoms with Gasteiger partial charge in [-0.2, -0.15) is 4.98 Å². The maximum absolute atomic E-state index is 13.3. The van der Waals surface area contributed by atoms with Crippen LogP contribution in [0.25, 0.3) is 11.2 Å². The molecule has 0 radical (unpaired) electrons. The predicted molar refractivity (Wildman–Crippen MR) is 189 cm³/mol. The van der Waals surface area contributed by atoms with Gasteiger partial charge in [-0.25, -0.2) is 19.3 Å². The van der Waals surface area contributed by atoms with Gasteiger partial charge in [0, 0.05) is 17.7 Å². The number of nitrogens with zero attached hydrogens (tertiary/aromatic N) is 3. The van der Waals surface area contributed by atoms with Gasteiger partial charge in [0.05, 0.1) is 44.9 Å². The average Bonchev–Trinajstić information content (AvgIpc) is 3.10. The fraction of sp³-hybridized carbons (Fsp3) is 0.485. The standard InChI is InChI=1S/C33H42N7O13P/c1-3-51-54(49,52-4-2)53-17-6-5-16-50-31(48)33(14-7-15-33)30(47)40-32-38-26-25(28(44)39-32)36-22(19-35-26)18-34-21-10-8-20(9-11-21)27(43)37-23(29(45)46)12-13-24(41)42/h8-11,19,23,34H,3-7,12-18H2,1-2H3,(H,37,43)(H,41,42)(H,45,46)(H2,35,38,39,40,44,47)/t23-/m1/s1. The van der Waals surface area contributed by atoms with E-state index in [1.54, 1.807) is 26.0 Å². The summed E-state index contributed by atoms with van der Waals surface area (Å²) in [4.78, 5) is 89.0. The fourth-order valence-corrected chi connectivity index (χ4v) is 6.40. The number of hydrogen-bond acceptors (Lipinski definition) is 15. The van der Waals surface area contributed by atoms with Crippen molar-refractivity contribution in [3.05, 3.63) is 52.1 Å². The lowest BCUT2D eigenvalue weighted by Crippen LogP contribution is -2.49. The van der Waals surface area contributed by atoms with Crippen LogP contribution in [0.3, 0.4) is 0 Å². The Morgan fingerprint density at radius 2 is 1.67 bits per heavy atom. The van der Waals surface area contributed by atoms with Crippen LogP contribution in [-0.4, -0.2) is 92.3 Å². The van der Waals surface area contributed by atoms with Gasteiger partial charge in [0.2, 0.25) is 11.9 Å². The summed E-state index contributed by atoms with van der Waals surface area (Å²) in [7, 11) is -3.64. The topological polar surface area (TPSA) is 287 Å². The number of carboxylic acids is 2. The molecule has 54 heavy (non-hydrogen) atoms. The number of anilines is 2. The minimum Gasteiger partial charge on any atom is -0.481 e. The Morgan fingerprint density at radius 3 is 2.28 bits per heavy atom. The molecule has 0 aliphatic heterocycles. The molecule has 0 bridgehead atoms. The molecular formula is C33H42N7O13P. The van der Waals surface area contributed by atoms with Gasteiger partial charge in [0.15, 0.2) is 11.2 Å². The van der Waals surface area contributed by atoms with Gasteiger partial charge in [-0.05, 0) is 70.2 Å². The minimum atomic E-state index is -3.64. The first-order chi connectivity index (χ1) is 25.8. The van der Waals surface area contributed by atoms with Crippen LogP contribution < -0.4 is 21.5 Å². The Labute approximate surface area is 308 Å². The fourth-order valence-electron chi connectivity index (χ4n) is 5.19.